The molecule has 3 rings (SSSR count). The Balaban J connectivity index is 1.73. The summed E-state index contributed by atoms with van der Waals surface area (Å²) in [4.78, 5) is 22.4. The van der Waals surface area contributed by atoms with Crippen molar-refractivity contribution < 1.29 is 13.9 Å². The van der Waals surface area contributed by atoms with Gasteiger partial charge < -0.3 is 9.64 Å². The lowest BCUT2D eigenvalue weighted by molar-refractivity contribution is -0.0230. The monoisotopic (exact) mass is 301 g/mol. The quantitative estimate of drug-likeness (QED) is 0.853. The number of rotatable bonds is 2. The molecule has 0 N–H and O–H groups in total. The molecule has 0 bridgehead atoms. The molecule has 1 aromatic heterocycles. The topological polar surface area (TPSA) is 55.3 Å². The highest BCUT2D eigenvalue weighted by Gasteiger charge is 2.26. The van der Waals surface area contributed by atoms with Crippen LogP contribution in [0, 0.1) is 12.7 Å². The summed E-state index contributed by atoms with van der Waals surface area (Å²) in [6.07, 6.45) is 2.81. The number of amides is 1. The number of hydrogen-bond acceptors (Lipinski definition) is 4. The number of ether oxygens (including phenoxy) is 1. The van der Waals surface area contributed by atoms with Gasteiger partial charge in [-0.1, -0.05) is 12.1 Å². The second-order valence-electron chi connectivity index (χ2n) is 5.21. The molecule has 1 saturated heterocycles. The van der Waals surface area contributed by atoms with Gasteiger partial charge in [-0.05, 0) is 24.6 Å². The molecule has 1 aromatic carbocycles. The second kappa shape index (κ2) is 6.19. The van der Waals surface area contributed by atoms with E-state index in [1.165, 1.54) is 18.3 Å². The Morgan fingerprint density at radius 1 is 1.27 bits per heavy atom. The van der Waals surface area contributed by atoms with Gasteiger partial charge in [0.05, 0.1) is 25.0 Å². The van der Waals surface area contributed by atoms with Crippen molar-refractivity contribution in [3.63, 3.8) is 0 Å². The predicted molar refractivity (Wildman–Crippen MR) is 77.8 cm³/mol. The molecule has 2 aromatic rings. The van der Waals surface area contributed by atoms with Gasteiger partial charge in [0.2, 0.25) is 0 Å². The summed E-state index contributed by atoms with van der Waals surface area (Å²) < 4.78 is 18.7. The summed E-state index contributed by atoms with van der Waals surface area (Å²) >= 11 is 0. The lowest BCUT2D eigenvalue weighted by Gasteiger charge is -2.33. The highest BCUT2D eigenvalue weighted by atomic mass is 19.1. The van der Waals surface area contributed by atoms with E-state index in [1.807, 2.05) is 6.92 Å². The summed E-state index contributed by atoms with van der Waals surface area (Å²) in [5, 5.41) is 0. The standard InChI is InChI=1S/C16H16FN3O2/c1-11-8-19-14(9-18-11)16(21)20-6-7-22-15(10-20)12-2-4-13(17)5-3-12/h2-5,8-9,15H,6-7,10H2,1H3/t15-/m0/s1. The summed E-state index contributed by atoms with van der Waals surface area (Å²) in [6.45, 7) is 3.18. The van der Waals surface area contributed by atoms with Crippen molar-refractivity contribution in [2.75, 3.05) is 19.7 Å². The fourth-order valence-electron chi connectivity index (χ4n) is 2.38. The molecule has 0 spiro atoms. The largest absolute Gasteiger partial charge is 0.370 e. The van der Waals surface area contributed by atoms with Crippen molar-refractivity contribution in [1.29, 1.82) is 0 Å². The number of hydrogen-bond donors (Lipinski definition) is 0. The van der Waals surface area contributed by atoms with Crippen LogP contribution in [0.1, 0.15) is 27.8 Å². The highest BCUT2D eigenvalue weighted by Crippen LogP contribution is 2.23. The Hall–Kier alpha value is -2.34. The number of aromatic nitrogens is 2. The van der Waals surface area contributed by atoms with E-state index in [0.717, 1.165) is 11.3 Å². The molecule has 1 amide bonds. The number of aryl methyl sites for hydroxylation is 1. The van der Waals surface area contributed by atoms with Crippen molar-refractivity contribution >= 4 is 5.91 Å². The second-order valence-corrected chi connectivity index (χ2v) is 5.21. The van der Waals surface area contributed by atoms with E-state index >= 15 is 0 Å². The predicted octanol–water partition coefficient (Wildman–Crippen LogP) is 2.14. The first-order valence-corrected chi connectivity index (χ1v) is 7.08. The number of carbonyl (C=O) groups excluding carboxylic acids is 1. The van der Waals surface area contributed by atoms with Crippen LogP contribution in [-0.4, -0.2) is 40.5 Å². The Morgan fingerprint density at radius 3 is 2.73 bits per heavy atom. The van der Waals surface area contributed by atoms with Crippen LogP contribution >= 0.6 is 0 Å². The first-order valence-electron chi connectivity index (χ1n) is 7.08. The van der Waals surface area contributed by atoms with Crippen molar-refractivity contribution in [3.8, 4) is 0 Å². The summed E-state index contributed by atoms with van der Waals surface area (Å²) in [5.41, 5.74) is 1.95. The Labute approximate surface area is 127 Å². The molecule has 6 heteroatoms. The fourth-order valence-corrected chi connectivity index (χ4v) is 2.38. The van der Waals surface area contributed by atoms with Gasteiger partial charge in [0, 0.05) is 12.7 Å². The molecular formula is C16H16FN3O2. The van der Waals surface area contributed by atoms with E-state index in [-0.39, 0.29) is 17.8 Å². The third-order valence-electron chi connectivity index (χ3n) is 3.60. The van der Waals surface area contributed by atoms with Crippen molar-refractivity contribution in [1.82, 2.24) is 14.9 Å². The van der Waals surface area contributed by atoms with E-state index in [1.54, 1.807) is 23.2 Å². The minimum Gasteiger partial charge on any atom is -0.370 e. The molecule has 22 heavy (non-hydrogen) atoms. The molecule has 0 radical (unpaired) electrons. The van der Waals surface area contributed by atoms with Crippen LogP contribution in [0.25, 0.3) is 0 Å². The number of nitrogens with zero attached hydrogens (tertiary/aromatic N) is 3. The number of halogens is 1. The summed E-state index contributed by atoms with van der Waals surface area (Å²) in [7, 11) is 0. The molecule has 1 atom stereocenters. The first kappa shape index (κ1) is 14.6. The maximum atomic E-state index is 13.0. The molecule has 0 unspecified atom stereocenters. The van der Waals surface area contributed by atoms with Crippen LogP contribution < -0.4 is 0 Å². The zero-order chi connectivity index (χ0) is 15.5. The van der Waals surface area contributed by atoms with Gasteiger partial charge in [-0.15, -0.1) is 0 Å². The molecule has 1 aliphatic rings. The zero-order valence-electron chi connectivity index (χ0n) is 12.2. The Bertz CT molecular complexity index is 658. The molecule has 114 valence electrons. The molecule has 1 fully saturated rings. The third kappa shape index (κ3) is 3.12. The number of morpholine rings is 1. The smallest absolute Gasteiger partial charge is 0.274 e. The van der Waals surface area contributed by atoms with E-state index in [9.17, 15) is 9.18 Å². The fraction of sp³-hybridized carbons (Fsp3) is 0.312. The van der Waals surface area contributed by atoms with Gasteiger partial charge in [0.1, 0.15) is 17.6 Å². The van der Waals surface area contributed by atoms with Gasteiger partial charge in [-0.2, -0.15) is 0 Å². The van der Waals surface area contributed by atoms with Gasteiger partial charge in [-0.3, -0.25) is 9.78 Å². The maximum absolute atomic E-state index is 13.0. The third-order valence-corrected chi connectivity index (χ3v) is 3.60. The minimum atomic E-state index is -0.289. The van der Waals surface area contributed by atoms with Gasteiger partial charge in [0.15, 0.2) is 0 Å². The Morgan fingerprint density at radius 2 is 2.05 bits per heavy atom. The van der Waals surface area contributed by atoms with Gasteiger partial charge in [-0.25, -0.2) is 9.37 Å². The molecule has 0 aliphatic carbocycles. The van der Waals surface area contributed by atoms with E-state index in [4.69, 9.17) is 4.74 Å². The van der Waals surface area contributed by atoms with Crippen LogP contribution in [0.3, 0.4) is 0 Å². The zero-order valence-corrected chi connectivity index (χ0v) is 12.2. The summed E-state index contributed by atoms with van der Waals surface area (Å²) in [6, 6.07) is 6.15. The van der Waals surface area contributed by atoms with E-state index in [0.29, 0.717) is 25.4 Å². The van der Waals surface area contributed by atoms with Gasteiger partial charge in [0.25, 0.3) is 5.91 Å². The van der Waals surface area contributed by atoms with E-state index < -0.39 is 0 Å². The minimum absolute atomic E-state index is 0.164. The molecular weight excluding hydrogens is 285 g/mol. The number of carbonyl (C=O) groups is 1. The molecule has 0 saturated carbocycles. The van der Waals surface area contributed by atoms with Crippen molar-refractivity contribution in [3.05, 3.63) is 59.4 Å². The average Bonchev–Trinajstić information content (AvgIpc) is 2.56. The SMILES string of the molecule is Cc1cnc(C(=O)N2CCO[C@H](c3ccc(F)cc3)C2)cn1. The van der Waals surface area contributed by atoms with Crippen LogP contribution in [0.4, 0.5) is 4.39 Å². The molecule has 1 aliphatic heterocycles. The lowest BCUT2D eigenvalue weighted by atomic mass is 10.1. The summed E-state index contributed by atoms with van der Waals surface area (Å²) in [5.74, 6) is -0.453. The van der Waals surface area contributed by atoms with Crippen LogP contribution in [0.5, 0.6) is 0 Å². The first-order chi connectivity index (χ1) is 10.6. The van der Waals surface area contributed by atoms with Gasteiger partial charge >= 0.3 is 0 Å². The number of benzene rings is 1. The highest BCUT2D eigenvalue weighted by molar-refractivity contribution is 5.92. The molecule has 5 nitrogen and oxygen atoms in total. The van der Waals surface area contributed by atoms with E-state index in [2.05, 4.69) is 9.97 Å². The van der Waals surface area contributed by atoms with Crippen LogP contribution in [-0.2, 0) is 4.74 Å². The van der Waals surface area contributed by atoms with Crippen LogP contribution in [0.15, 0.2) is 36.7 Å². The average molecular weight is 301 g/mol. The molecule has 2 heterocycles. The van der Waals surface area contributed by atoms with Crippen LogP contribution in [0.2, 0.25) is 0 Å². The Kier molecular flexibility index (Phi) is 4.11. The van der Waals surface area contributed by atoms with Crippen molar-refractivity contribution in [2.45, 2.75) is 13.0 Å². The normalized spacial score (nSPS) is 18.3. The lowest BCUT2D eigenvalue weighted by Crippen LogP contribution is -2.42. The maximum Gasteiger partial charge on any atom is 0.274 e. The van der Waals surface area contributed by atoms with Crippen molar-refractivity contribution in [2.24, 2.45) is 0 Å².